The zero-order chi connectivity index (χ0) is 19.2. The average Bonchev–Trinajstić information content (AvgIpc) is 2.65. The molecule has 2 N–H and O–H groups in total. The van der Waals surface area contributed by atoms with Crippen molar-refractivity contribution in [2.75, 3.05) is 10.6 Å². The van der Waals surface area contributed by atoms with E-state index in [1.165, 1.54) is 0 Å². The van der Waals surface area contributed by atoms with Gasteiger partial charge >= 0.3 is 0 Å². The molecule has 3 aromatic rings. The zero-order valence-electron chi connectivity index (χ0n) is 15.7. The molecule has 0 unspecified atom stereocenters. The summed E-state index contributed by atoms with van der Waals surface area (Å²) in [5.74, 6) is 1.10. The van der Waals surface area contributed by atoms with Gasteiger partial charge in [-0.1, -0.05) is 30.3 Å². The summed E-state index contributed by atoms with van der Waals surface area (Å²) in [4.78, 5) is 16.9. The SMILES string of the molecule is Cc1ccccc1Nc1ccc(C(=O)Nc2ccccc2OC(C)C)cn1. The van der Waals surface area contributed by atoms with E-state index in [2.05, 4.69) is 15.6 Å². The van der Waals surface area contributed by atoms with Crippen LogP contribution in [-0.2, 0) is 0 Å². The van der Waals surface area contributed by atoms with Gasteiger partial charge in [0.05, 0.1) is 17.4 Å². The van der Waals surface area contributed by atoms with Crippen LogP contribution in [0.3, 0.4) is 0 Å². The second kappa shape index (κ2) is 8.36. The van der Waals surface area contributed by atoms with Crippen molar-refractivity contribution in [3.63, 3.8) is 0 Å². The van der Waals surface area contributed by atoms with E-state index in [1.807, 2.05) is 69.3 Å². The molecule has 0 aliphatic rings. The molecular weight excluding hydrogens is 338 g/mol. The lowest BCUT2D eigenvalue weighted by Gasteiger charge is -2.15. The number of nitrogens with zero attached hydrogens (tertiary/aromatic N) is 1. The van der Waals surface area contributed by atoms with E-state index < -0.39 is 0 Å². The van der Waals surface area contributed by atoms with Gasteiger partial charge in [-0.3, -0.25) is 4.79 Å². The molecule has 0 spiro atoms. The molecule has 0 aliphatic heterocycles. The Balaban J connectivity index is 1.70. The predicted octanol–water partition coefficient (Wildman–Crippen LogP) is 5.17. The number of hydrogen-bond acceptors (Lipinski definition) is 4. The van der Waals surface area contributed by atoms with Crippen molar-refractivity contribution in [3.05, 3.63) is 78.0 Å². The van der Waals surface area contributed by atoms with Crippen LogP contribution < -0.4 is 15.4 Å². The van der Waals surface area contributed by atoms with Crippen LogP contribution in [0, 0.1) is 6.92 Å². The van der Waals surface area contributed by atoms with Crippen LogP contribution in [0.25, 0.3) is 0 Å². The molecule has 1 heterocycles. The Bertz CT molecular complexity index is 921. The van der Waals surface area contributed by atoms with Crippen molar-refractivity contribution in [2.45, 2.75) is 26.9 Å². The highest BCUT2D eigenvalue weighted by molar-refractivity contribution is 6.04. The van der Waals surface area contributed by atoms with E-state index in [0.29, 0.717) is 22.8 Å². The number of hydrogen-bond donors (Lipinski definition) is 2. The quantitative estimate of drug-likeness (QED) is 0.635. The first kappa shape index (κ1) is 18.5. The number of rotatable bonds is 6. The van der Waals surface area contributed by atoms with Crippen LogP contribution in [0.4, 0.5) is 17.2 Å². The second-order valence-electron chi connectivity index (χ2n) is 6.49. The van der Waals surface area contributed by atoms with Crippen LogP contribution >= 0.6 is 0 Å². The normalized spacial score (nSPS) is 10.5. The van der Waals surface area contributed by atoms with Gasteiger partial charge in [0.2, 0.25) is 0 Å². The number of benzene rings is 2. The zero-order valence-corrected chi connectivity index (χ0v) is 15.7. The van der Waals surface area contributed by atoms with E-state index in [1.54, 1.807) is 18.3 Å². The number of anilines is 3. The number of amides is 1. The lowest BCUT2D eigenvalue weighted by Crippen LogP contribution is -2.14. The van der Waals surface area contributed by atoms with Gasteiger partial charge < -0.3 is 15.4 Å². The number of carbonyl (C=O) groups is 1. The molecule has 0 radical (unpaired) electrons. The smallest absolute Gasteiger partial charge is 0.257 e. The molecule has 0 fully saturated rings. The topological polar surface area (TPSA) is 63.2 Å². The Hall–Kier alpha value is -3.34. The lowest BCUT2D eigenvalue weighted by molar-refractivity contribution is 0.102. The summed E-state index contributed by atoms with van der Waals surface area (Å²) in [7, 11) is 0. The first-order chi connectivity index (χ1) is 13.0. The van der Waals surface area contributed by atoms with Crippen LogP contribution in [0.5, 0.6) is 5.75 Å². The monoisotopic (exact) mass is 361 g/mol. The maximum Gasteiger partial charge on any atom is 0.257 e. The minimum Gasteiger partial charge on any atom is -0.489 e. The van der Waals surface area contributed by atoms with E-state index in [0.717, 1.165) is 11.3 Å². The van der Waals surface area contributed by atoms with Crippen LogP contribution in [-0.4, -0.2) is 17.0 Å². The summed E-state index contributed by atoms with van der Waals surface area (Å²) in [6.07, 6.45) is 1.58. The van der Waals surface area contributed by atoms with Crippen molar-refractivity contribution >= 4 is 23.1 Å². The average molecular weight is 361 g/mol. The number of aryl methyl sites for hydroxylation is 1. The van der Waals surface area contributed by atoms with Gasteiger partial charge in [0.15, 0.2) is 0 Å². The fourth-order valence-electron chi connectivity index (χ4n) is 2.57. The molecule has 0 bridgehead atoms. The predicted molar refractivity (Wildman–Crippen MR) is 109 cm³/mol. The largest absolute Gasteiger partial charge is 0.489 e. The summed E-state index contributed by atoms with van der Waals surface area (Å²) < 4.78 is 5.74. The standard InChI is InChI=1S/C22H23N3O2/c1-15(2)27-20-11-7-6-10-19(20)25-22(26)17-12-13-21(23-14-17)24-18-9-5-4-8-16(18)3/h4-15H,1-3H3,(H,23,24)(H,25,26). The van der Waals surface area contributed by atoms with Crippen molar-refractivity contribution in [2.24, 2.45) is 0 Å². The number of pyridine rings is 1. The van der Waals surface area contributed by atoms with Crippen molar-refractivity contribution in [1.29, 1.82) is 0 Å². The van der Waals surface area contributed by atoms with Gasteiger partial charge in [-0.05, 0) is 56.7 Å². The van der Waals surface area contributed by atoms with Crippen LogP contribution in [0.1, 0.15) is 29.8 Å². The van der Waals surface area contributed by atoms with Gasteiger partial charge in [0.1, 0.15) is 11.6 Å². The minimum absolute atomic E-state index is 0.0246. The van der Waals surface area contributed by atoms with E-state index in [-0.39, 0.29) is 12.0 Å². The highest BCUT2D eigenvalue weighted by Crippen LogP contribution is 2.25. The number of aromatic nitrogens is 1. The summed E-state index contributed by atoms with van der Waals surface area (Å²) in [5, 5.41) is 6.14. The molecule has 0 atom stereocenters. The number of para-hydroxylation sites is 3. The van der Waals surface area contributed by atoms with Gasteiger partial charge in [0.25, 0.3) is 5.91 Å². The van der Waals surface area contributed by atoms with E-state index in [4.69, 9.17) is 4.74 Å². The summed E-state index contributed by atoms with van der Waals surface area (Å²) in [6.45, 7) is 5.92. The summed E-state index contributed by atoms with van der Waals surface area (Å²) in [5.41, 5.74) is 3.23. The number of nitrogens with one attached hydrogen (secondary N) is 2. The third kappa shape index (κ3) is 4.85. The molecule has 3 rings (SSSR count). The molecule has 5 heteroatoms. The van der Waals surface area contributed by atoms with E-state index in [9.17, 15) is 4.79 Å². The Morgan fingerprint density at radius 3 is 2.33 bits per heavy atom. The lowest BCUT2D eigenvalue weighted by atomic mass is 10.2. The Morgan fingerprint density at radius 1 is 0.963 bits per heavy atom. The molecule has 0 saturated heterocycles. The molecule has 138 valence electrons. The number of ether oxygens (including phenoxy) is 1. The third-order valence-electron chi connectivity index (χ3n) is 3.93. The van der Waals surface area contributed by atoms with Gasteiger partial charge in [-0.25, -0.2) is 4.98 Å². The highest BCUT2D eigenvalue weighted by Gasteiger charge is 2.11. The van der Waals surface area contributed by atoms with Crippen molar-refractivity contribution in [1.82, 2.24) is 4.98 Å². The fraction of sp³-hybridized carbons (Fsp3) is 0.182. The Morgan fingerprint density at radius 2 is 1.67 bits per heavy atom. The number of carbonyl (C=O) groups excluding carboxylic acids is 1. The van der Waals surface area contributed by atoms with Crippen molar-refractivity contribution < 1.29 is 9.53 Å². The summed E-state index contributed by atoms with van der Waals surface area (Å²) in [6, 6.07) is 18.9. The fourth-order valence-corrected chi connectivity index (χ4v) is 2.57. The van der Waals surface area contributed by atoms with Gasteiger partial charge in [0, 0.05) is 11.9 Å². The Kier molecular flexibility index (Phi) is 5.71. The maximum atomic E-state index is 12.5. The molecule has 2 aromatic carbocycles. The van der Waals surface area contributed by atoms with Crippen LogP contribution in [0.2, 0.25) is 0 Å². The second-order valence-corrected chi connectivity index (χ2v) is 6.49. The maximum absolute atomic E-state index is 12.5. The van der Waals surface area contributed by atoms with Crippen LogP contribution in [0.15, 0.2) is 66.9 Å². The highest BCUT2D eigenvalue weighted by atomic mass is 16.5. The minimum atomic E-state index is -0.232. The third-order valence-corrected chi connectivity index (χ3v) is 3.93. The molecule has 1 amide bonds. The molecule has 5 nitrogen and oxygen atoms in total. The molecule has 0 aliphatic carbocycles. The molecule has 0 saturated carbocycles. The van der Waals surface area contributed by atoms with Gasteiger partial charge in [-0.2, -0.15) is 0 Å². The summed E-state index contributed by atoms with van der Waals surface area (Å²) >= 11 is 0. The van der Waals surface area contributed by atoms with E-state index >= 15 is 0 Å². The molecule has 1 aromatic heterocycles. The Labute approximate surface area is 159 Å². The molecule has 27 heavy (non-hydrogen) atoms. The van der Waals surface area contributed by atoms with Gasteiger partial charge in [-0.15, -0.1) is 0 Å². The first-order valence-electron chi connectivity index (χ1n) is 8.88. The van der Waals surface area contributed by atoms with Crippen molar-refractivity contribution in [3.8, 4) is 5.75 Å². The first-order valence-corrected chi connectivity index (χ1v) is 8.88. The molecular formula is C22H23N3O2.